The number of methoxy groups -OCH3 is 1. The third-order valence-corrected chi connectivity index (χ3v) is 4.60. The highest BCUT2D eigenvalue weighted by atomic mass is 16.5. The molecule has 1 aliphatic rings. The van der Waals surface area contributed by atoms with Gasteiger partial charge in [0.1, 0.15) is 11.8 Å². The van der Waals surface area contributed by atoms with E-state index in [0.29, 0.717) is 5.75 Å². The monoisotopic (exact) mass is 300 g/mol. The Kier molecular flexibility index (Phi) is 3.94. The van der Waals surface area contributed by atoms with Crippen LogP contribution in [0.25, 0.3) is 0 Å². The molecule has 0 saturated carbocycles. The number of benzene rings is 2. The second-order valence-corrected chi connectivity index (χ2v) is 5.96. The summed E-state index contributed by atoms with van der Waals surface area (Å²) >= 11 is 0. The summed E-state index contributed by atoms with van der Waals surface area (Å²) in [5.41, 5.74) is 3.35. The van der Waals surface area contributed by atoms with Gasteiger partial charge in [0.25, 0.3) is 0 Å². The third kappa shape index (κ3) is 2.62. The van der Waals surface area contributed by atoms with Gasteiger partial charge in [-0.05, 0) is 29.3 Å². The zero-order chi connectivity index (χ0) is 15.7. The number of quaternary nitrogens is 1. The number of hydrogen-bond acceptors (Lipinski definition) is 3. The normalized spacial score (nSPS) is 20.5. The number of ether oxygens (including phenoxy) is 1. The zero-order valence-corrected chi connectivity index (χ0v) is 13.0. The Labute approximate surface area is 130 Å². The molecule has 0 fully saturated rings. The van der Waals surface area contributed by atoms with E-state index in [2.05, 4.69) is 13.1 Å². The maximum absolute atomic E-state index is 10.6. The smallest absolute Gasteiger partial charge is 0.167 e. The van der Waals surface area contributed by atoms with E-state index in [9.17, 15) is 10.2 Å². The summed E-state index contributed by atoms with van der Waals surface area (Å²) < 4.78 is 5.27. The first-order chi connectivity index (χ1) is 10.6. The molecule has 2 atom stereocenters. The summed E-state index contributed by atoms with van der Waals surface area (Å²) in [4.78, 5) is 1.38. The first kappa shape index (κ1) is 14.7. The van der Waals surface area contributed by atoms with Gasteiger partial charge in [0.15, 0.2) is 11.5 Å². The minimum atomic E-state index is 0.184. The van der Waals surface area contributed by atoms with Crippen molar-refractivity contribution in [3.05, 3.63) is 53.1 Å². The number of nitrogens with one attached hydrogen (secondary N) is 1. The summed E-state index contributed by atoms with van der Waals surface area (Å²) in [7, 11) is 3.74. The van der Waals surface area contributed by atoms with E-state index in [1.807, 2.05) is 18.2 Å². The molecule has 4 nitrogen and oxygen atoms in total. The molecule has 2 unspecified atom stereocenters. The standard InChI is InChI=1S/C18H21NO3/c1-19-10-9-13-5-8-16(22-2)18(21)17(13)15(19)11-12-3-6-14(20)7-4-12/h3-8,15,20-21H,9-11H2,1-2H3/p+1. The molecule has 1 aliphatic heterocycles. The van der Waals surface area contributed by atoms with Crippen molar-refractivity contribution in [2.45, 2.75) is 18.9 Å². The fraction of sp³-hybridized carbons (Fsp3) is 0.333. The predicted molar refractivity (Wildman–Crippen MR) is 84.7 cm³/mol. The Bertz CT molecular complexity index is 667. The van der Waals surface area contributed by atoms with Crippen LogP contribution in [0.1, 0.15) is 22.7 Å². The summed E-state index contributed by atoms with van der Waals surface area (Å²) in [5.74, 6) is 1.07. The molecule has 22 heavy (non-hydrogen) atoms. The number of phenols is 2. The quantitative estimate of drug-likeness (QED) is 0.804. The molecule has 116 valence electrons. The van der Waals surface area contributed by atoms with E-state index in [1.165, 1.54) is 10.5 Å². The Morgan fingerprint density at radius 3 is 2.55 bits per heavy atom. The lowest BCUT2D eigenvalue weighted by Crippen LogP contribution is -3.10. The van der Waals surface area contributed by atoms with E-state index < -0.39 is 0 Å². The van der Waals surface area contributed by atoms with Crippen molar-refractivity contribution in [2.24, 2.45) is 0 Å². The highest BCUT2D eigenvalue weighted by Gasteiger charge is 2.32. The van der Waals surface area contributed by atoms with Crippen LogP contribution in [0.5, 0.6) is 17.2 Å². The fourth-order valence-corrected chi connectivity index (χ4v) is 3.30. The van der Waals surface area contributed by atoms with Gasteiger partial charge in [-0.2, -0.15) is 0 Å². The van der Waals surface area contributed by atoms with Crippen LogP contribution in [0.2, 0.25) is 0 Å². The molecule has 4 heteroatoms. The Morgan fingerprint density at radius 1 is 1.14 bits per heavy atom. The summed E-state index contributed by atoms with van der Waals surface area (Å²) in [6.07, 6.45) is 1.78. The number of hydrogen-bond donors (Lipinski definition) is 3. The van der Waals surface area contributed by atoms with E-state index in [0.717, 1.165) is 30.5 Å². The Balaban J connectivity index is 1.99. The van der Waals surface area contributed by atoms with Crippen LogP contribution in [0.4, 0.5) is 0 Å². The molecule has 0 saturated heterocycles. The van der Waals surface area contributed by atoms with E-state index >= 15 is 0 Å². The van der Waals surface area contributed by atoms with Crippen LogP contribution in [0.3, 0.4) is 0 Å². The predicted octanol–water partition coefficient (Wildman–Crippen LogP) is 1.46. The molecular formula is C18H22NO3+. The molecule has 0 aliphatic carbocycles. The van der Waals surface area contributed by atoms with Crippen molar-refractivity contribution in [1.29, 1.82) is 0 Å². The van der Waals surface area contributed by atoms with Crippen molar-refractivity contribution < 1.29 is 19.8 Å². The molecule has 0 spiro atoms. The van der Waals surface area contributed by atoms with Gasteiger partial charge in [0.05, 0.1) is 26.3 Å². The molecular weight excluding hydrogens is 278 g/mol. The highest BCUT2D eigenvalue weighted by Crippen LogP contribution is 2.38. The SMILES string of the molecule is COc1ccc2c(c1O)C(Cc1ccc(O)cc1)[NH+](C)CC2. The van der Waals surface area contributed by atoms with E-state index in [4.69, 9.17) is 4.74 Å². The second-order valence-electron chi connectivity index (χ2n) is 5.96. The minimum absolute atomic E-state index is 0.184. The van der Waals surface area contributed by atoms with Gasteiger partial charge in [-0.15, -0.1) is 0 Å². The van der Waals surface area contributed by atoms with E-state index in [1.54, 1.807) is 19.2 Å². The Morgan fingerprint density at radius 2 is 1.86 bits per heavy atom. The molecule has 0 aromatic heterocycles. The van der Waals surface area contributed by atoms with Crippen LogP contribution in [-0.4, -0.2) is 30.9 Å². The lowest BCUT2D eigenvalue weighted by Gasteiger charge is -2.32. The lowest BCUT2D eigenvalue weighted by atomic mass is 9.88. The minimum Gasteiger partial charge on any atom is -0.508 e. The zero-order valence-electron chi connectivity index (χ0n) is 13.0. The first-order valence-corrected chi connectivity index (χ1v) is 7.59. The van der Waals surface area contributed by atoms with Gasteiger partial charge in [-0.1, -0.05) is 18.2 Å². The largest absolute Gasteiger partial charge is 0.508 e. The van der Waals surface area contributed by atoms with Gasteiger partial charge in [0.2, 0.25) is 0 Å². The van der Waals surface area contributed by atoms with Crippen LogP contribution in [-0.2, 0) is 12.8 Å². The van der Waals surface area contributed by atoms with Crippen molar-refractivity contribution in [1.82, 2.24) is 0 Å². The highest BCUT2D eigenvalue weighted by molar-refractivity contribution is 5.51. The molecule has 1 heterocycles. The maximum Gasteiger partial charge on any atom is 0.167 e. The summed E-state index contributed by atoms with van der Waals surface area (Å²) in [6.45, 7) is 1.04. The molecule has 2 aromatic carbocycles. The number of aromatic hydroxyl groups is 2. The molecule has 3 N–H and O–H groups in total. The van der Waals surface area contributed by atoms with E-state index in [-0.39, 0.29) is 17.5 Å². The second kappa shape index (κ2) is 5.89. The van der Waals surface area contributed by atoms with Crippen LogP contribution in [0.15, 0.2) is 36.4 Å². The van der Waals surface area contributed by atoms with Gasteiger partial charge >= 0.3 is 0 Å². The van der Waals surface area contributed by atoms with Crippen LogP contribution < -0.4 is 9.64 Å². The topological polar surface area (TPSA) is 54.1 Å². The first-order valence-electron chi connectivity index (χ1n) is 7.59. The van der Waals surface area contributed by atoms with Crippen LogP contribution >= 0.6 is 0 Å². The average Bonchev–Trinajstić information content (AvgIpc) is 2.52. The lowest BCUT2D eigenvalue weighted by molar-refractivity contribution is -0.914. The average molecular weight is 300 g/mol. The maximum atomic E-state index is 10.6. The van der Waals surface area contributed by atoms with Crippen molar-refractivity contribution >= 4 is 0 Å². The summed E-state index contributed by atoms with van der Waals surface area (Å²) in [6, 6.07) is 11.4. The van der Waals surface area contributed by atoms with Crippen molar-refractivity contribution in [3.8, 4) is 17.2 Å². The number of phenolic OH excluding ortho intramolecular Hbond substituents is 2. The number of rotatable bonds is 3. The van der Waals surface area contributed by atoms with Gasteiger partial charge in [0, 0.05) is 12.8 Å². The third-order valence-electron chi connectivity index (χ3n) is 4.60. The fourth-order valence-electron chi connectivity index (χ4n) is 3.30. The van der Waals surface area contributed by atoms with Crippen molar-refractivity contribution in [2.75, 3.05) is 20.7 Å². The molecule has 0 radical (unpaired) electrons. The molecule has 3 rings (SSSR count). The Hall–Kier alpha value is -2.20. The van der Waals surface area contributed by atoms with Gasteiger partial charge < -0.3 is 19.8 Å². The number of fused-ring (bicyclic) bond motifs is 1. The molecule has 2 aromatic rings. The molecule has 0 bridgehead atoms. The number of likely N-dealkylation sites (N-methyl/N-ethyl adjacent to an activating group) is 1. The van der Waals surface area contributed by atoms with Gasteiger partial charge in [-0.3, -0.25) is 0 Å². The van der Waals surface area contributed by atoms with Crippen molar-refractivity contribution in [3.63, 3.8) is 0 Å². The molecule has 0 amide bonds. The van der Waals surface area contributed by atoms with Crippen LogP contribution in [0, 0.1) is 0 Å². The summed E-state index contributed by atoms with van der Waals surface area (Å²) in [5, 5.41) is 20.0. The van der Waals surface area contributed by atoms with Gasteiger partial charge in [-0.25, -0.2) is 0 Å².